The van der Waals surface area contributed by atoms with E-state index in [1.165, 1.54) is 16.7 Å². The van der Waals surface area contributed by atoms with Gasteiger partial charge >= 0.3 is 5.97 Å². The number of hydrogen-bond acceptors (Lipinski definition) is 5. The molecule has 0 bridgehead atoms. The number of aliphatic carboxylic acids is 1. The van der Waals surface area contributed by atoms with E-state index in [0.717, 1.165) is 4.90 Å². The van der Waals surface area contributed by atoms with Gasteiger partial charge in [0, 0.05) is 31.6 Å². The van der Waals surface area contributed by atoms with Crippen LogP contribution in [0.1, 0.15) is 26.2 Å². The molecule has 7 nitrogen and oxygen atoms in total. The van der Waals surface area contributed by atoms with E-state index in [2.05, 4.69) is 0 Å². The van der Waals surface area contributed by atoms with Gasteiger partial charge in [0.1, 0.15) is 6.04 Å². The van der Waals surface area contributed by atoms with E-state index in [0.29, 0.717) is 5.75 Å². The Morgan fingerprint density at radius 1 is 1.30 bits per heavy atom. The summed E-state index contributed by atoms with van der Waals surface area (Å²) < 4.78 is 0. The molecule has 8 heteroatoms. The van der Waals surface area contributed by atoms with Gasteiger partial charge < -0.3 is 10.0 Å². The highest BCUT2D eigenvalue weighted by molar-refractivity contribution is 8.00. The molecule has 20 heavy (non-hydrogen) atoms. The minimum absolute atomic E-state index is 0.0217. The number of amides is 3. The monoisotopic (exact) mass is 300 g/mol. The van der Waals surface area contributed by atoms with E-state index < -0.39 is 12.0 Å². The zero-order valence-corrected chi connectivity index (χ0v) is 11.9. The number of rotatable bonds is 4. The molecule has 2 unspecified atom stereocenters. The minimum atomic E-state index is -1.02. The molecule has 0 radical (unpaired) electrons. The van der Waals surface area contributed by atoms with Crippen LogP contribution in [0.25, 0.3) is 0 Å². The molecule has 1 N–H and O–H groups in total. The molecule has 0 aromatic heterocycles. The summed E-state index contributed by atoms with van der Waals surface area (Å²) in [6.45, 7) is 1.81. The fraction of sp³-hybridized carbons (Fsp3) is 0.667. The molecule has 2 aliphatic rings. The van der Waals surface area contributed by atoms with Crippen molar-refractivity contribution in [2.45, 2.75) is 37.6 Å². The van der Waals surface area contributed by atoms with E-state index in [1.54, 1.807) is 6.92 Å². The third kappa shape index (κ3) is 2.79. The highest BCUT2D eigenvalue weighted by Crippen LogP contribution is 2.29. The molecule has 0 aliphatic carbocycles. The largest absolute Gasteiger partial charge is 0.480 e. The van der Waals surface area contributed by atoms with E-state index >= 15 is 0 Å². The number of carbonyl (C=O) groups excluding carboxylic acids is 3. The molecule has 110 valence electrons. The molecule has 2 heterocycles. The summed E-state index contributed by atoms with van der Waals surface area (Å²) in [5.41, 5.74) is 0. The van der Waals surface area contributed by atoms with Crippen LogP contribution in [0.3, 0.4) is 0 Å². The van der Waals surface area contributed by atoms with E-state index in [1.807, 2.05) is 0 Å². The molecule has 0 spiro atoms. The molecule has 2 fully saturated rings. The molecule has 0 aromatic carbocycles. The van der Waals surface area contributed by atoms with Crippen molar-refractivity contribution in [2.75, 3.05) is 12.3 Å². The Hall–Kier alpha value is -1.57. The van der Waals surface area contributed by atoms with Gasteiger partial charge in [-0.25, -0.2) is 4.79 Å². The van der Waals surface area contributed by atoms with Gasteiger partial charge in [-0.1, -0.05) is 0 Å². The highest BCUT2D eigenvalue weighted by Gasteiger charge is 2.39. The van der Waals surface area contributed by atoms with Crippen LogP contribution >= 0.6 is 11.8 Å². The molecule has 0 saturated carbocycles. The van der Waals surface area contributed by atoms with Crippen LogP contribution in [-0.2, 0) is 19.2 Å². The lowest BCUT2D eigenvalue weighted by atomic mass is 10.2. The van der Waals surface area contributed by atoms with Crippen LogP contribution < -0.4 is 0 Å². The van der Waals surface area contributed by atoms with Crippen LogP contribution in [-0.4, -0.2) is 62.3 Å². The fourth-order valence-electron chi connectivity index (χ4n) is 2.42. The average molecular weight is 300 g/mol. The molecule has 0 aromatic rings. The highest BCUT2D eigenvalue weighted by atomic mass is 32.2. The zero-order valence-electron chi connectivity index (χ0n) is 11.1. The SMILES string of the molecule is CC1SCC(C(=O)O)N1C(=O)CCN1C(=O)CCC1=O. The predicted molar refractivity (Wildman–Crippen MR) is 70.8 cm³/mol. The fourth-order valence-corrected chi connectivity index (χ4v) is 3.61. The van der Waals surface area contributed by atoms with Crippen molar-refractivity contribution in [2.24, 2.45) is 0 Å². The maximum absolute atomic E-state index is 12.1. The Bertz CT molecular complexity index is 451. The number of likely N-dealkylation sites (tertiary alicyclic amines) is 1. The van der Waals surface area contributed by atoms with Gasteiger partial charge in [-0.05, 0) is 6.92 Å². The van der Waals surface area contributed by atoms with Crippen molar-refractivity contribution >= 4 is 35.5 Å². The van der Waals surface area contributed by atoms with Crippen LogP contribution in [0, 0.1) is 0 Å². The lowest BCUT2D eigenvalue weighted by Crippen LogP contribution is -2.46. The Morgan fingerprint density at radius 3 is 2.45 bits per heavy atom. The maximum atomic E-state index is 12.1. The summed E-state index contributed by atoms with van der Waals surface area (Å²) in [5, 5.41) is 8.89. The topological polar surface area (TPSA) is 95.0 Å². The molecule has 2 rings (SSSR count). The number of carbonyl (C=O) groups is 4. The van der Waals surface area contributed by atoms with E-state index in [4.69, 9.17) is 5.11 Å². The number of carboxylic acid groups (broad SMARTS) is 1. The zero-order chi connectivity index (χ0) is 14.9. The molecular formula is C12H16N2O5S. The van der Waals surface area contributed by atoms with Gasteiger partial charge in [-0.15, -0.1) is 11.8 Å². The lowest BCUT2D eigenvalue weighted by Gasteiger charge is -2.25. The van der Waals surface area contributed by atoms with Crippen LogP contribution in [0.2, 0.25) is 0 Å². The number of imide groups is 1. The third-order valence-electron chi connectivity index (χ3n) is 3.50. The average Bonchev–Trinajstić information content (AvgIpc) is 2.91. The number of thioether (sulfide) groups is 1. The van der Waals surface area contributed by atoms with Gasteiger partial charge in [0.15, 0.2) is 0 Å². The van der Waals surface area contributed by atoms with Crippen molar-refractivity contribution in [3.63, 3.8) is 0 Å². The second kappa shape index (κ2) is 5.82. The lowest BCUT2D eigenvalue weighted by molar-refractivity contribution is -0.149. The van der Waals surface area contributed by atoms with Crippen molar-refractivity contribution in [1.82, 2.24) is 9.80 Å². The van der Waals surface area contributed by atoms with Crippen molar-refractivity contribution in [3.05, 3.63) is 0 Å². The Labute approximate surface area is 120 Å². The first kappa shape index (κ1) is 14.8. The molecule has 2 atom stereocenters. The molecule has 3 amide bonds. The second-order valence-electron chi connectivity index (χ2n) is 4.78. The normalized spacial score (nSPS) is 26.4. The summed E-state index contributed by atoms with van der Waals surface area (Å²) in [4.78, 5) is 48.5. The van der Waals surface area contributed by atoms with Gasteiger partial charge in [0.25, 0.3) is 0 Å². The van der Waals surface area contributed by atoms with Crippen LogP contribution in [0.4, 0.5) is 0 Å². The second-order valence-corrected chi connectivity index (χ2v) is 6.13. The first-order valence-electron chi connectivity index (χ1n) is 6.40. The van der Waals surface area contributed by atoms with Crippen molar-refractivity contribution in [1.29, 1.82) is 0 Å². The summed E-state index contributed by atoms with van der Waals surface area (Å²) in [7, 11) is 0. The first-order valence-corrected chi connectivity index (χ1v) is 7.45. The van der Waals surface area contributed by atoms with Crippen molar-refractivity contribution < 1.29 is 24.3 Å². The quantitative estimate of drug-likeness (QED) is 0.729. The molecular weight excluding hydrogens is 284 g/mol. The van der Waals surface area contributed by atoms with Gasteiger partial charge in [-0.3, -0.25) is 19.3 Å². The Morgan fingerprint density at radius 2 is 1.90 bits per heavy atom. The van der Waals surface area contributed by atoms with E-state index in [9.17, 15) is 19.2 Å². The van der Waals surface area contributed by atoms with Gasteiger partial charge in [-0.2, -0.15) is 0 Å². The summed E-state index contributed by atoms with van der Waals surface area (Å²) in [5.74, 6) is -1.52. The molecule has 2 aliphatic heterocycles. The van der Waals surface area contributed by atoms with Crippen molar-refractivity contribution in [3.8, 4) is 0 Å². The van der Waals surface area contributed by atoms with Crippen LogP contribution in [0.5, 0.6) is 0 Å². The van der Waals surface area contributed by atoms with E-state index in [-0.39, 0.29) is 48.9 Å². The molecule has 2 saturated heterocycles. The number of carboxylic acids is 1. The first-order chi connectivity index (χ1) is 9.41. The van der Waals surface area contributed by atoms with Crippen LogP contribution in [0.15, 0.2) is 0 Å². The number of hydrogen-bond donors (Lipinski definition) is 1. The number of nitrogens with zero attached hydrogens (tertiary/aromatic N) is 2. The minimum Gasteiger partial charge on any atom is -0.480 e. The summed E-state index contributed by atoms with van der Waals surface area (Å²) in [6.07, 6.45) is 0.369. The third-order valence-corrected chi connectivity index (χ3v) is 4.72. The predicted octanol–water partition coefficient (Wildman–Crippen LogP) is -0.0999. The Kier molecular flexibility index (Phi) is 4.32. The Balaban J connectivity index is 1.95. The standard InChI is InChI=1S/C12H16N2O5S/c1-7-14(8(6-20-7)12(18)19)11(17)4-5-13-9(15)2-3-10(13)16/h7-8H,2-6H2,1H3,(H,18,19). The summed E-state index contributed by atoms with van der Waals surface area (Å²) >= 11 is 1.41. The van der Waals surface area contributed by atoms with Gasteiger partial charge in [0.05, 0.1) is 5.37 Å². The maximum Gasteiger partial charge on any atom is 0.327 e. The smallest absolute Gasteiger partial charge is 0.327 e. The summed E-state index contributed by atoms with van der Waals surface area (Å²) in [6, 6.07) is -0.826. The van der Waals surface area contributed by atoms with Gasteiger partial charge in [0.2, 0.25) is 17.7 Å².